The van der Waals surface area contributed by atoms with Gasteiger partial charge in [-0.3, -0.25) is 0 Å². The van der Waals surface area contributed by atoms with Gasteiger partial charge < -0.3 is 15.4 Å². The number of anilines is 2. The SMILES string of the molecule is CCc1nc(NC)cc(NC2CCOC(C)(C)C2)n1. The highest BCUT2D eigenvalue weighted by Crippen LogP contribution is 2.26. The normalized spacial score (nSPS) is 22.0. The molecule has 0 radical (unpaired) electrons. The molecule has 1 unspecified atom stereocenters. The summed E-state index contributed by atoms with van der Waals surface area (Å²) < 4.78 is 5.74. The van der Waals surface area contributed by atoms with Crippen molar-refractivity contribution in [3.8, 4) is 0 Å². The lowest BCUT2D eigenvalue weighted by Gasteiger charge is -2.36. The number of aryl methyl sites for hydroxylation is 1. The van der Waals surface area contributed by atoms with Crippen LogP contribution in [0, 0.1) is 0 Å². The van der Waals surface area contributed by atoms with E-state index < -0.39 is 0 Å². The van der Waals surface area contributed by atoms with Gasteiger partial charge in [-0.05, 0) is 26.7 Å². The molecular formula is C14H24N4O. The van der Waals surface area contributed by atoms with Gasteiger partial charge >= 0.3 is 0 Å². The molecule has 0 spiro atoms. The van der Waals surface area contributed by atoms with Crippen molar-refractivity contribution >= 4 is 11.6 Å². The molecule has 5 heteroatoms. The second-order valence-electron chi connectivity index (χ2n) is 5.60. The summed E-state index contributed by atoms with van der Waals surface area (Å²) in [6, 6.07) is 2.37. The van der Waals surface area contributed by atoms with Crippen LogP contribution < -0.4 is 10.6 Å². The second kappa shape index (κ2) is 5.74. The van der Waals surface area contributed by atoms with E-state index in [2.05, 4.69) is 41.4 Å². The lowest BCUT2D eigenvalue weighted by atomic mass is 9.94. The molecule has 0 aliphatic carbocycles. The van der Waals surface area contributed by atoms with Crippen LogP contribution in [0.25, 0.3) is 0 Å². The molecule has 0 amide bonds. The molecule has 1 aromatic heterocycles. The zero-order valence-electron chi connectivity index (χ0n) is 12.3. The van der Waals surface area contributed by atoms with Crippen LogP contribution >= 0.6 is 0 Å². The molecule has 106 valence electrons. The van der Waals surface area contributed by atoms with Crippen molar-refractivity contribution in [3.05, 3.63) is 11.9 Å². The fraction of sp³-hybridized carbons (Fsp3) is 0.714. The molecule has 2 heterocycles. The van der Waals surface area contributed by atoms with Gasteiger partial charge in [-0.2, -0.15) is 0 Å². The lowest BCUT2D eigenvalue weighted by molar-refractivity contribution is -0.0553. The summed E-state index contributed by atoms with van der Waals surface area (Å²) in [5, 5.41) is 6.59. The summed E-state index contributed by atoms with van der Waals surface area (Å²) in [5.74, 6) is 2.63. The van der Waals surface area contributed by atoms with Crippen LogP contribution in [-0.4, -0.2) is 35.3 Å². The van der Waals surface area contributed by atoms with Gasteiger partial charge in [-0.1, -0.05) is 6.92 Å². The minimum Gasteiger partial charge on any atom is -0.375 e. The number of hydrogen-bond donors (Lipinski definition) is 2. The third-order valence-corrected chi connectivity index (χ3v) is 3.39. The average molecular weight is 264 g/mol. The van der Waals surface area contributed by atoms with Gasteiger partial charge in [0.05, 0.1) is 5.60 Å². The van der Waals surface area contributed by atoms with Crippen molar-refractivity contribution < 1.29 is 4.74 Å². The molecule has 1 aliphatic rings. The van der Waals surface area contributed by atoms with E-state index in [9.17, 15) is 0 Å². The zero-order valence-corrected chi connectivity index (χ0v) is 12.3. The third kappa shape index (κ3) is 3.80. The maximum absolute atomic E-state index is 5.74. The molecular weight excluding hydrogens is 240 g/mol. The van der Waals surface area contributed by atoms with Crippen LogP contribution in [0.1, 0.15) is 39.4 Å². The molecule has 1 atom stereocenters. The Balaban J connectivity index is 2.09. The molecule has 1 aliphatic heterocycles. The molecule has 2 N–H and O–H groups in total. The van der Waals surface area contributed by atoms with Crippen LogP contribution in [0.2, 0.25) is 0 Å². The van der Waals surface area contributed by atoms with E-state index in [0.29, 0.717) is 6.04 Å². The quantitative estimate of drug-likeness (QED) is 0.874. The fourth-order valence-corrected chi connectivity index (χ4v) is 2.42. The van der Waals surface area contributed by atoms with Crippen molar-refractivity contribution in [1.29, 1.82) is 0 Å². The molecule has 1 saturated heterocycles. The fourth-order valence-electron chi connectivity index (χ4n) is 2.42. The number of rotatable bonds is 4. The van der Waals surface area contributed by atoms with E-state index in [1.165, 1.54) is 0 Å². The zero-order chi connectivity index (χ0) is 13.9. The highest BCUT2D eigenvalue weighted by Gasteiger charge is 2.28. The monoisotopic (exact) mass is 264 g/mol. The number of nitrogens with one attached hydrogen (secondary N) is 2. The van der Waals surface area contributed by atoms with E-state index in [-0.39, 0.29) is 5.60 Å². The molecule has 5 nitrogen and oxygen atoms in total. The highest BCUT2D eigenvalue weighted by atomic mass is 16.5. The number of hydrogen-bond acceptors (Lipinski definition) is 5. The lowest BCUT2D eigenvalue weighted by Crippen LogP contribution is -2.40. The van der Waals surface area contributed by atoms with Crippen molar-refractivity contribution in [1.82, 2.24) is 9.97 Å². The first-order valence-electron chi connectivity index (χ1n) is 6.98. The van der Waals surface area contributed by atoms with Gasteiger partial charge in [0.15, 0.2) is 0 Å². The summed E-state index contributed by atoms with van der Waals surface area (Å²) in [5.41, 5.74) is -0.0532. The Morgan fingerprint density at radius 1 is 1.37 bits per heavy atom. The Hall–Kier alpha value is -1.36. The van der Waals surface area contributed by atoms with Crippen molar-refractivity contribution in [3.63, 3.8) is 0 Å². The van der Waals surface area contributed by atoms with Crippen LogP contribution in [0.15, 0.2) is 6.07 Å². The van der Waals surface area contributed by atoms with Crippen molar-refractivity contribution in [2.24, 2.45) is 0 Å². The minimum atomic E-state index is -0.0532. The predicted molar refractivity (Wildman–Crippen MR) is 77.6 cm³/mol. The van der Waals surface area contributed by atoms with Gasteiger partial charge in [0, 0.05) is 32.2 Å². The Morgan fingerprint density at radius 3 is 2.74 bits per heavy atom. The van der Waals surface area contributed by atoms with Gasteiger partial charge in [0.2, 0.25) is 0 Å². The standard InChI is InChI=1S/C14H24N4O/c1-5-11-17-12(15-4)8-13(18-11)16-10-6-7-19-14(2,3)9-10/h8,10H,5-7,9H2,1-4H3,(H2,15,16,17,18). The average Bonchev–Trinajstić information content (AvgIpc) is 2.37. The minimum absolute atomic E-state index is 0.0532. The predicted octanol–water partition coefficient (Wildman–Crippen LogP) is 2.45. The molecule has 19 heavy (non-hydrogen) atoms. The third-order valence-electron chi connectivity index (χ3n) is 3.39. The van der Waals surface area contributed by atoms with E-state index in [1.54, 1.807) is 0 Å². The molecule has 0 bridgehead atoms. The van der Waals surface area contributed by atoms with E-state index in [0.717, 1.165) is 43.3 Å². The first kappa shape index (κ1) is 14.1. The Labute approximate surface area is 115 Å². The van der Waals surface area contributed by atoms with Crippen LogP contribution in [0.5, 0.6) is 0 Å². The van der Waals surface area contributed by atoms with Gasteiger partial charge in [-0.25, -0.2) is 9.97 Å². The maximum atomic E-state index is 5.74. The smallest absolute Gasteiger partial charge is 0.132 e. The van der Waals surface area contributed by atoms with Crippen LogP contribution in [0.4, 0.5) is 11.6 Å². The Kier molecular flexibility index (Phi) is 4.24. The molecule has 1 aromatic rings. The Morgan fingerprint density at radius 2 is 2.11 bits per heavy atom. The van der Waals surface area contributed by atoms with Gasteiger partial charge in [0.25, 0.3) is 0 Å². The summed E-state index contributed by atoms with van der Waals surface area (Å²) in [6.45, 7) is 7.14. The number of ether oxygens (including phenoxy) is 1. The van der Waals surface area contributed by atoms with E-state index in [1.807, 2.05) is 13.1 Å². The number of aromatic nitrogens is 2. The topological polar surface area (TPSA) is 59.1 Å². The van der Waals surface area contributed by atoms with Crippen LogP contribution in [-0.2, 0) is 11.2 Å². The molecule has 0 saturated carbocycles. The molecule has 1 fully saturated rings. The summed E-state index contributed by atoms with van der Waals surface area (Å²) >= 11 is 0. The summed E-state index contributed by atoms with van der Waals surface area (Å²) in [6.07, 6.45) is 2.85. The summed E-state index contributed by atoms with van der Waals surface area (Å²) in [7, 11) is 1.88. The van der Waals surface area contributed by atoms with Crippen molar-refractivity contribution in [2.75, 3.05) is 24.3 Å². The van der Waals surface area contributed by atoms with Gasteiger partial charge in [0.1, 0.15) is 17.5 Å². The van der Waals surface area contributed by atoms with Crippen LogP contribution in [0.3, 0.4) is 0 Å². The molecule has 0 aromatic carbocycles. The first-order chi connectivity index (χ1) is 9.02. The maximum Gasteiger partial charge on any atom is 0.132 e. The van der Waals surface area contributed by atoms with E-state index >= 15 is 0 Å². The second-order valence-corrected chi connectivity index (χ2v) is 5.60. The first-order valence-corrected chi connectivity index (χ1v) is 6.98. The largest absolute Gasteiger partial charge is 0.375 e. The van der Waals surface area contributed by atoms with E-state index in [4.69, 9.17) is 4.74 Å². The Bertz CT molecular complexity index is 411. The highest BCUT2D eigenvalue weighted by molar-refractivity contribution is 5.47. The molecule has 2 rings (SSSR count). The van der Waals surface area contributed by atoms with Crippen molar-refractivity contribution in [2.45, 2.75) is 51.7 Å². The number of nitrogens with zero attached hydrogens (tertiary/aromatic N) is 2. The summed E-state index contributed by atoms with van der Waals surface area (Å²) in [4.78, 5) is 8.94. The van der Waals surface area contributed by atoms with Gasteiger partial charge in [-0.15, -0.1) is 0 Å².